The Bertz CT molecular complexity index is 724. The van der Waals surface area contributed by atoms with Gasteiger partial charge in [0.2, 0.25) is 0 Å². The molecule has 0 aliphatic heterocycles. The molecule has 8 heteroatoms. The highest BCUT2D eigenvalue weighted by atomic mass is 16.5. The van der Waals surface area contributed by atoms with Crippen LogP contribution in [0.1, 0.15) is 16.2 Å². The van der Waals surface area contributed by atoms with Crippen molar-refractivity contribution in [1.82, 2.24) is 15.1 Å². The van der Waals surface area contributed by atoms with E-state index in [1.807, 2.05) is 12.1 Å². The van der Waals surface area contributed by atoms with Crippen LogP contribution in [0.4, 0.5) is 0 Å². The summed E-state index contributed by atoms with van der Waals surface area (Å²) >= 11 is 0. The summed E-state index contributed by atoms with van der Waals surface area (Å²) in [7, 11) is 2.94. The van der Waals surface area contributed by atoms with Crippen molar-refractivity contribution in [3.8, 4) is 11.4 Å². The number of carboxylic acids is 1. The van der Waals surface area contributed by atoms with Crippen molar-refractivity contribution in [1.29, 1.82) is 0 Å². The molecule has 0 fully saturated rings. The SMILES string of the molecule is COCC(NC(=O)c1cc(C)n(-c2ccc(OC)cc2)n1)C(=O)O. The largest absolute Gasteiger partial charge is 0.497 e. The Morgan fingerprint density at radius 3 is 2.50 bits per heavy atom. The lowest BCUT2D eigenvalue weighted by molar-refractivity contribution is -0.140. The van der Waals surface area contributed by atoms with Gasteiger partial charge in [-0.2, -0.15) is 5.10 Å². The fourth-order valence-electron chi connectivity index (χ4n) is 2.14. The average Bonchev–Trinajstić information content (AvgIpc) is 2.96. The van der Waals surface area contributed by atoms with Crippen LogP contribution >= 0.6 is 0 Å². The minimum atomic E-state index is -1.17. The molecule has 128 valence electrons. The lowest BCUT2D eigenvalue weighted by Gasteiger charge is -2.12. The van der Waals surface area contributed by atoms with E-state index in [-0.39, 0.29) is 12.3 Å². The Labute approximate surface area is 139 Å². The van der Waals surface area contributed by atoms with Crippen LogP contribution in [0, 0.1) is 6.92 Å². The molecule has 0 aliphatic carbocycles. The number of nitrogens with one attached hydrogen (secondary N) is 1. The van der Waals surface area contributed by atoms with E-state index in [4.69, 9.17) is 14.6 Å². The highest BCUT2D eigenvalue weighted by molar-refractivity contribution is 5.95. The van der Waals surface area contributed by atoms with Gasteiger partial charge in [-0.05, 0) is 37.3 Å². The zero-order valence-electron chi connectivity index (χ0n) is 13.6. The molecule has 2 aromatic rings. The van der Waals surface area contributed by atoms with Gasteiger partial charge in [-0.25, -0.2) is 9.48 Å². The molecule has 2 rings (SSSR count). The summed E-state index contributed by atoms with van der Waals surface area (Å²) in [4.78, 5) is 23.3. The van der Waals surface area contributed by atoms with Gasteiger partial charge in [0.05, 0.1) is 19.4 Å². The Hall–Kier alpha value is -2.87. The van der Waals surface area contributed by atoms with Crippen molar-refractivity contribution in [2.75, 3.05) is 20.8 Å². The number of methoxy groups -OCH3 is 2. The maximum Gasteiger partial charge on any atom is 0.328 e. The van der Waals surface area contributed by atoms with Crippen LogP contribution in [-0.4, -0.2) is 53.6 Å². The highest BCUT2D eigenvalue weighted by Gasteiger charge is 2.22. The van der Waals surface area contributed by atoms with E-state index in [1.54, 1.807) is 36.9 Å². The molecular weight excluding hydrogens is 314 g/mol. The summed E-state index contributed by atoms with van der Waals surface area (Å²) in [5, 5.41) is 15.7. The third-order valence-electron chi connectivity index (χ3n) is 3.37. The number of aryl methyl sites for hydroxylation is 1. The van der Waals surface area contributed by atoms with Crippen LogP contribution in [0.3, 0.4) is 0 Å². The second-order valence-electron chi connectivity index (χ2n) is 5.10. The third kappa shape index (κ3) is 3.90. The molecule has 0 saturated carbocycles. The van der Waals surface area contributed by atoms with Gasteiger partial charge < -0.3 is 19.9 Å². The van der Waals surface area contributed by atoms with E-state index >= 15 is 0 Å². The maximum atomic E-state index is 12.2. The first-order chi connectivity index (χ1) is 11.5. The van der Waals surface area contributed by atoms with E-state index < -0.39 is 17.9 Å². The van der Waals surface area contributed by atoms with Gasteiger partial charge in [0, 0.05) is 12.8 Å². The monoisotopic (exact) mass is 333 g/mol. The fraction of sp³-hybridized carbons (Fsp3) is 0.312. The quantitative estimate of drug-likeness (QED) is 0.784. The van der Waals surface area contributed by atoms with E-state index in [1.165, 1.54) is 7.11 Å². The van der Waals surface area contributed by atoms with Crippen LogP contribution in [0.15, 0.2) is 30.3 Å². The third-order valence-corrected chi connectivity index (χ3v) is 3.37. The summed E-state index contributed by atoms with van der Waals surface area (Å²) in [6.07, 6.45) is 0. The molecular formula is C16H19N3O5. The summed E-state index contributed by atoms with van der Waals surface area (Å²) in [6, 6.07) is 7.65. The Morgan fingerprint density at radius 2 is 1.96 bits per heavy atom. The number of aromatic nitrogens is 2. The summed E-state index contributed by atoms with van der Waals surface area (Å²) in [6.45, 7) is 1.68. The topological polar surface area (TPSA) is 103 Å². The first-order valence-corrected chi connectivity index (χ1v) is 7.20. The summed E-state index contributed by atoms with van der Waals surface area (Å²) in [5.41, 5.74) is 1.63. The first-order valence-electron chi connectivity index (χ1n) is 7.20. The number of nitrogens with zero attached hydrogens (tertiary/aromatic N) is 2. The molecule has 1 heterocycles. The van der Waals surface area contributed by atoms with Gasteiger partial charge in [-0.1, -0.05) is 0 Å². The number of carbonyl (C=O) groups is 2. The number of hydrogen-bond acceptors (Lipinski definition) is 5. The summed E-state index contributed by atoms with van der Waals surface area (Å²) in [5.74, 6) is -1.03. The lowest BCUT2D eigenvalue weighted by atomic mass is 10.3. The van der Waals surface area contributed by atoms with Crippen LogP contribution in [0.2, 0.25) is 0 Å². The molecule has 1 aromatic carbocycles. The molecule has 24 heavy (non-hydrogen) atoms. The van der Waals surface area contributed by atoms with Gasteiger partial charge in [-0.3, -0.25) is 4.79 Å². The molecule has 1 atom stereocenters. The average molecular weight is 333 g/mol. The molecule has 1 amide bonds. The number of ether oxygens (including phenoxy) is 2. The Morgan fingerprint density at radius 1 is 1.29 bits per heavy atom. The first kappa shape index (κ1) is 17.5. The zero-order chi connectivity index (χ0) is 17.7. The van der Waals surface area contributed by atoms with Crippen LogP contribution in [0.25, 0.3) is 5.69 Å². The number of rotatable bonds is 7. The minimum absolute atomic E-state index is 0.126. The highest BCUT2D eigenvalue weighted by Crippen LogP contribution is 2.16. The van der Waals surface area contributed by atoms with Crippen molar-refractivity contribution in [3.63, 3.8) is 0 Å². The van der Waals surface area contributed by atoms with E-state index in [0.717, 1.165) is 11.4 Å². The predicted octanol–water partition coefficient (Wildman–Crippen LogP) is 1.02. The predicted molar refractivity (Wildman–Crippen MR) is 85.6 cm³/mol. The van der Waals surface area contributed by atoms with Gasteiger partial charge >= 0.3 is 5.97 Å². The maximum absolute atomic E-state index is 12.2. The zero-order valence-corrected chi connectivity index (χ0v) is 13.6. The van der Waals surface area contributed by atoms with E-state index in [2.05, 4.69) is 10.4 Å². The molecule has 0 spiro atoms. The summed E-state index contributed by atoms with van der Waals surface area (Å²) < 4.78 is 11.5. The van der Waals surface area contributed by atoms with Gasteiger partial charge in [0.1, 0.15) is 5.75 Å². The van der Waals surface area contributed by atoms with Crippen molar-refractivity contribution < 1.29 is 24.2 Å². The van der Waals surface area contributed by atoms with Crippen LogP contribution in [0.5, 0.6) is 5.75 Å². The number of carbonyl (C=O) groups excluding carboxylic acids is 1. The molecule has 0 aliphatic rings. The standard InChI is InChI=1S/C16H19N3O5/c1-10-8-13(15(20)17-14(9-23-2)16(21)22)18-19(10)11-4-6-12(24-3)7-5-11/h4-8,14H,9H2,1-3H3,(H,17,20)(H,21,22). The Balaban J connectivity index is 2.20. The second kappa shape index (κ2) is 7.60. The van der Waals surface area contributed by atoms with Crippen molar-refractivity contribution >= 4 is 11.9 Å². The van der Waals surface area contributed by atoms with Crippen molar-refractivity contribution in [2.24, 2.45) is 0 Å². The van der Waals surface area contributed by atoms with E-state index in [9.17, 15) is 9.59 Å². The fourth-order valence-corrected chi connectivity index (χ4v) is 2.14. The number of amides is 1. The molecule has 8 nitrogen and oxygen atoms in total. The molecule has 0 bridgehead atoms. The Kier molecular flexibility index (Phi) is 5.54. The second-order valence-corrected chi connectivity index (χ2v) is 5.10. The molecule has 0 saturated heterocycles. The van der Waals surface area contributed by atoms with Crippen LogP contribution < -0.4 is 10.1 Å². The number of hydrogen-bond donors (Lipinski definition) is 2. The van der Waals surface area contributed by atoms with Gasteiger partial charge in [0.15, 0.2) is 11.7 Å². The number of benzene rings is 1. The molecule has 2 N–H and O–H groups in total. The van der Waals surface area contributed by atoms with Crippen LogP contribution in [-0.2, 0) is 9.53 Å². The normalized spacial score (nSPS) is 11.8. The van der Waals surface area contributed by atoms with Gasteiger partial charge in [0.25, 0.3) is 5.91 Å². The van der Waals surface area contributed by atoms with E-state index in [0.29, 0.717) is 5.75 Å². The smallest absolute Gasteiger partial charge is 0.328 e. The minimum Gasteiger partial charge on any atom is -0.497 e. The number of aliphatic carboxylic acids is 1. The molecule has 1 unspecified atom stereocenters. The molecule has 1 aromatic heterocycles. The van der Waals surface area contributed by atoms with Crippen molar-refractivity contribution in [3.05, 3.63) is 41.7 Å². The number of carboxylic acid groups (broad SMARTS) is 1. The lowest BCUT2D eigenvalue weighted by Crippen LogP contribution is -2.44. The van der Waals surface area contributed by atoms with Crippen molar-refractivity contribution in [2.45, 2.75) is 13.0 Å². The molecule has 0 radical (unpaired) electrons. The van der Waals surface area contributed by atoms with Gasteiger partial charge in [-0.15, -0.1) is 0 Å².